The third-order valence-corrected chi connectivity index (χ3v) is 2.19. The molecule has 0 fully saturated rings. The van der Waals surface area contributed by atoms with Crippen LogP contribution in [0.25, 0.3) is 0 Å². The van der Waals surface area contributed by atoms with E-state index in [-0.39, 0.29) is 52.8 Å². The molecule has 11 heteroatoms. The normalized spacial score (nSPS) is 10.9. The fraction of sp³-hybridized carbons (Fsp3) is 0.250. The van der Waals surface area contributed by atoms with E-state index >= 15 is 0 Å². The molecule has 8 nitrogen and oxygen atoms in total. The zero-order valence-electron chi connectivity index (χ0n) is 11.5. The Morgan fingerprint density at radius 3 is 1.32 bits per heavy atom. The van der Waals surface area contributed by atoms with E-state index in [4.69, 9.17) is 9.11 Å². The second-order valence-electron chi connectivity index (χ2n) is 3.08. The summed E-state index contributed by atoms with van der Waals surface area (Å²) in [6, 6.07) is 8.36. The maximum absolute atomic E-state index is 9.51. The molecule has 1 aromatic carbocycles. The fourth-order valence-electron chi connectivity index (χ4n) is 0.733. The average Bonchev–Trinajstić information content (AvgIpc) is 2.19. The van der Waals surface area contributed by atoms with Crippen LogP contribution in [-0.2, 0) is 29.5 Å². The van der Waals surface area contributed by atoms with Crippen molar-refractivity contribution < 1.29 is 87.4 Å². The first kappa shape index (κ1) is 21.9. The predicted molar refractivity (Wildman–Crippen MR) is 62.3 cm³/mol. The molecular formula is C8H13KO8S2. The molecule has 0 aliphatic heterocycles. The van der Waals surface area contributed by atoms with Crippen LogP contribution in [0.3, 0.4) is 0 Å². The van der Waals surface area contributed by atoms with Crippen molar-refractivity contribution in [2.24, 2.45) is 0 Å². The van der Waals surface area contributed by atoms with Crippen LogP contribution in [0.15, 0.2) is 24.3 Å². The first-order valence-corrected chi connectivity index (χ1v) is 7.09. The summed E-state index contributed by atoms with van der Waals surface area (Å²) in [6.07, 6.45) is 0. The van der Waals surface area contributed by atoms with Gasteiger partial charge in [-0.15, -0.1) is 0 Å². The van der Waals surface area contributed by atoms with Crippen LogP contribution in [0.4, 0.5) is 0 Å². The van der Waals surface area contributed by atoms with E-state index in [0.29, 0.717) is 0 Å². The van der Waals surface area contributed by atoms with Gasteiger partial charge in [0.05, 0.1) is 0 Å². The molecule has 0 amide bonds. The molecule has 0 saturated carbocycles. The summed E-state index contributed by atoms with van der Waals surface area (Å²) < 4.78 is 58.9. The van der Waals surface area contributed by atoms with Gasteiger partial charge in [-0.2, -0.15) is 16.8 Å². The van der Waals surface area contributed by atoms with Crippen molar-refractivity contribution in [3.8, 4) is 0 Å². The molecular weight excluding hydrogens is 327 g/mol. The number of aryl methyl sites for hydroxylation is 2. The minimum absolute atomic E-state index is 0. The first-order valence-electron chi connectivity index (χ1n) is 4.36. The summed E-state index contributed by atoms with van der Waals surface area (Å²) in [4.78, 5) is 0. The summed E-state index contributed by atoms with van der Waals surface area (Å²) in [5.41, 5.74) is 2.74. The third-order valence-electron chi connectivity index (χ3n) is 1.63. The van der Waals surface area contributed by atoms with Crippen molar-refractivity contribution in [3.63, 3.8) is 0 Å². The molecule has 0 heterocycles. The van der Waals surface area contributed by atoms with Gasteiger partial charge in [0.25, 0.3) is 0 Å². The van der Waals surface area contributed by atoms with Crippen LogP contribution in [0, 0.1) is 13.8 Å². The maximum atomic E-state index is 9.51. The number of benzene rings is 1. The van der Waals surface area contributed by atoms with E-state index in [1.165, 1.54) is 11.1 Å². The van der Waals surface area contributed by atoms with Crippen molar-refractivity contribution >= 4 is 20.8 Å². The van der Waals surface area contributed by atoms with Crippen LogP contribution < -0.4 is 51.4 Å². The monoisotopic (exact) mass is 340 g/mol. The Hall–Kier alpha value is 0.596. The quantitative estimate of drug-likeness (QED) is 0.279. The fourth-order valence-corrected chi connectivity index (χ4v) is 1.29. The smallest absolute Gasteiger partial charge is 1.00 e. The summed E-state index contributed by atoms with van der Waals surface area (Å²) in [6.45, 7) is 4.24. The predicted octanol–water partition coefficient (Wildman–Crippen LogP) is -2.04. The standard InChI is InChI=1S/C8H10.K.H2O8S2.H/c1-7-5-3-4-6-8(7)2;;1-9(2,3)7-8-10(4,5)6;/h3-6H,1-2H3;;(H,1,2,3)(H,4,5,6);/q;+1;;-1. The van der Waals surface area contributed by atoms with Crippen molar-refractivity contribution in [1.29, 1.82) is 0 Å². The second kappa shape index (κ2) is 9.52. The van der Waals surface area contributed by atoms with Crippen molar-refractivity contribution in [3.05, 3.63) is 35.4 Å². The summed E-state index contributed by atoms with van der Waals surface area (Å²) in [7, 11) is -10.0. The van der Waals surface area contributed by atoms with E-state index in [2.05, 4.69) is 46.8 Å². The minimum Gasteiger partial charge on any atom is -1.00 e. The van der Waals surface area contributed by atoms with Gasteiger partial charge in [-0.25, -0.2) is 0 Å². The molecule has 2 N–H and O–H groups in total. The van der Waals surface area contributed by atoms with Gasteiger partial charge in [0, 0.05) is 0 Å². The minimum atomic E-state index is -5.02. The van der Waals surface area contributed by atoms with Gasteiger partial charge in [0.1, 0.15) is 0 Å². The van der Waals surface area contributed by atoms with Crippen molar-refractivity contribution in [2.45, 2.75) is 13.8 Å². The Bertz CT molecular complexity index is 533. The van der Waals surface area contributed by atoms with Crippen molar-refractivity contribution in [2.75, 3.05) is 0 Å². The molecule has 1 aromatic rings. The molecule has 19 heavy (non-hydrogen) atoms. The zero-order valence-corrected chi connectivity index (χ0v) is 15.2. The largest absolute Gasteiger partial charge is 1.00 e. The Morgan fingerprint density at radius 2 is 1.16 bits per heavy atom. The van der Waals surface area contributed by atoms with E-state index in [0.717, 1.165) is 0 Å². The molecule has 0 aliphatic carbocycles. The van der Waals surface area contributed by atoms with Crippen LogP contribution in [0.1, 0.15) is 12.6 Å². The summed E-state index contributed by atoms with van der Waals surface area (Å²) in [5.74, 6) is 0. The molecule has 0 spiro atoms. The molecule has 0 aliphatic rings. The molecule has 0 unspecified atom stereocenters. The number of hydrogen-bond acceptors (Lipinski definition) is 6. The molecule has 0 bridgehead atoms. The van der Waals surface area contributed by atoms with Gasteiger partial charge in [-0.1, -0.05) is 32.9 Å². The number of hydrogen-bond donors (Lipinski definition) is 2. The zero-order chi connectivity index (χ0) is 14.4. The van der Waals surface area contributed by atoms with Gasteiger partial charge in [-0.3, -0.25) is 9.11 Å². The Labute approximate surface area is 155 Å². The SMILES string of the molecule is Cc1ccccc1C.O=S(=O)(O)OOS(=O)(=O)O.[H-].[K+]. The van der Waals surface area contributed by atoms with Crippen LogP contribution in [0.5, 0.6) is 0 Å². The van der Waals surface area contributed by atoms with E-state index in [1.54, 1.807) is 0 Å². The molecule has 0 atom stereocenters. The molecule has 0 aromatic heterocycles. The van der Waals surface area contributed by atoms with Crippen LogP contribution in [-0.4, -0.2) is 25.9 Å². The van der Waals surface area contributed by atoms with Gasteiger partial charge < -0.3 is 1.43 Å². The number of rotatable bonds is 3. The van der Waals surface area contributed by atoms with Gasteiger partial charge >= 0.3 is 72.2 Å². The van der Waals surface area contributed by atoms with Gasteiger partial charge in [-0.05, 0) is 25.0 Å². The Balaban J connectivity index is -0.000000266. The van der Waals surface area contributed by atoms with Gasteiger partial charge in [0.15, 0.2) is 0 Å². The molecule has 0 radical (unpaired) electrons. The first-order chi connectivity index (χ1) is 8.01. The average molecular weight is 340 g/mol. The topological polar surface area (TPSA) is 127 Å². The van der Waals surface area contributed by atoms with E-state index < -0.39 is 20.8 Å². The molecule has 106 valence electrons. The van der Waals surface area contributed by atoms with Crippen molar-refractivity contribution in [1.82, 2.24) is 0 Å². The van der Waals surface area contributed by atoms with Gasteiger partial charge in [0.2, 0.25) is 0 Å². The molecule has 1 rings (SSSR count). The van der Waals surface area contributed by atoms with E-state index in [9.17, 15) is 16.8 Å². The third kappa shape index (κ3) is 14.8. The Morgan fingerprint density at radius 1 is 0.895 bits per heavy atom. The van der Waals surface area contributed by atoms with Crippen LogP contribution in [0.2, 0.25) is 0 Å². The summed E-state index contributed by atoms with van der Waals surface area (Å²) in [5, 5.41) is 0. The maximum Gasteiger partial charge on any atom is 1.00 e. The molecule has 0 saturated heterocycles. The second-order valence-corrected chi connectivity index (χ2v) is 5.06. The van der Waals surface area contributed by atoms with Crippen LogP contribution >= 0.6 is 0 Å². The Kier molecular flexibility index (Phi) is 11.0. The van der Waals surface area contributed by atoms with E-state index in [1.807, 2.05) is 0 Å². The summed E-state index contributed by atoms with van der Waals surface area (Å²) >= 11 is 0.